The van der Waals surface area contributed by atoms with Gasteiger partial charge in [0.25, 0.3) is 0 Å². The second-order valence-corrected chi connectivity index (χ2v) is 6.20. The molecule has 3 nitrogen and oxygen atoms in total. The van der Waals surface area contributed by atoms with E-state index in [1.165, 1.54) is 0 Å². The Labute approximate surface area is 141 Å². The van der Waals surface area contributed by atoms with E-state index in [0.29, 0.717) is 24.7 Å². The predicted molar refractivity (Wildman–Crippen MR) is 92.8 cm³/mol. The van der Waals surface area contributed by atoms with Crippen LogP contribution in [0, 0.1) is 5.92 Å². The lowest BCUT2D eigenvalue weighted by molar-refractivity contribution is -0.123. The van der Waals surface area contributed by atoms with Crippen LogP contribution < -0.4 is 5.32 Å². The van der Waals surface area contributed by atoms with Crippen molar-refractivity contribution in [2.24, 2.45) is 5.92 Å². The van der Waals surface area contributed by atoms with Gasteiger partial charge in [-0.3, -0.25) is 4.79 Å². The van der Waals surface area contributed by atoms with Gasteiger partial charge in [0.15, 0.2) is 0 Å². The van der Waals surface area contributed by atoms with Crippen molar-refractivity contribution in [2.45, 2.75) is 18.9 Å². The zero-order valence-electron chi connectivity index (χ0n) is 12.9. The Bertz CT molecular complexity index is 642. The predicted octanol–water partition coefficient (Wildman–Crippen LogP) is 4.49. The molecule has 120 valence electrons. The summed E-state index contributed by atoms with van der Waals surface area (Å²) in [5.41, 5.74) is 2.07. The normalized spacial score (nSPS) is 19.9. The van der Waals surface area contributed by atoms with Crippen molar-refractivity contribution in [1.29, 1.82) is 0 Å². The topological polar surface area (TPSA) is 38.3 Å². The molecule has 23 heavy (non-hydrogen) atoms. The summed E-state index contributed by atoms with van der Waals surface area (Å²) in [6, 6.07) is 17.6. The molecule has 1 aliphatic rings. The lowest BCUT2D eigenvalue weighted by Crippen LogP contribution is -2.27. The zero-order chi connectivity index (χ0) is 16.1. The van der Waals surface area contributed by atoms with E-state index in [2.05, 4.69) is 17.4 Å². The van der Waals surface area contributed by atoms with Crippen LogP contribution in [0.5, 0.6) is 0 Å². The quantitative estimate of drug-likeness (QED) is 0.898. The molecule has 0 radical (unpaired) electrons. The number of anilines is 1. The van der Waals surface area contributed by atoms with E-state index in [9.17, 15) is 4.79 Å². The van der Waals surface area contributed by atoms with Crippen LogP contribution in [0.1, 0.15) is 24.4 Å². The van der Waals surface area contributed by atoms with Gasteiger partial charge in [0.2, 0.25) is 0 Å². The number of ketones is 1. The highest BCUT2D eigenvalue weighted by Gasteiger charge is 2.30. The van der Waals surface area contributed by atoms with Crippen LogP contribution in [0.4, 0.5) is 5.69 Å². The Kier molecular flexibility index (Phi) is 5.31. The van der Waals surface area contributed by atoms with Crippen LogP contribution in [0.25, 0.3) is 0 Å². The molecule has 2 atom stereocenters. The smallest absolute Gasteiger partial charge is 0.140 e. The average molecular weight is 330 g/mol. The minimum Gasteiger partial charge on any atom is -0.381 e. The Morgan fingerprint density at radius 1 is 1.04 bits per heavy atom. The zero-order valence-corrected chi connectivity index (χ0v) is 13.6. The molecule has 0 aromatic heterocycles. The van der Waals surface area contributed by atoms with E-state index in [-0.39, 0.29) is 17.7 Å². The van der Waals surface area contributed by atoms with Crippen LogP contribution in [-0.4, -0.2) is 19.0 Å². The summed E-state index contributed by atoms with van der Waals surface area (Å²) in [6.45, 7) is 1.15. The molecule has 1 N–H and O–H groups in total. The highest BCUT2D eigenvalue weighted by atomic mass is 35.5. The first-order valence-electron chi connectivity index (χ1n) is 7.91. The number of carbonyl (C=O) groups excluding carboxylic acids is 1. The van der Waals surface area contributed by atoms with Gasteiger partial charge in [0.05, 0.1) is 12.6 Å². The molecule has 1 saturated heterocycles. The van der Waals surface area contributed by atoms with E-state index in [1.807, 2.05) is 42.5 Å². The average Bonchev–Trinajstić information content (AvgIpc) is 2.80. The highest BCUT2D eigenvalue weighted by molar-refractivity contribution is 6.30. The molecule has 0 amide bonds. The van der Waals surface area contributed by atoms with Crippen LogP contribution >= 0.6 is 11.6 Å². The van der Waals surface area contributed by atoms with Gasteiger partial charge in [-0.15, -0.1) is 0 Å². The van der Waals surface area contributed by atoms with Crippen molar-refractivity contribution < 1.29 is 9.53 Å². The fraction of sp³-hybridized carbons (Fsp3) is 0.316. The van der Waals surface area contributed by atoms with E-state index < -0.39 is 0 Å². The minimum absolute atomic E-state index is 0.0634. The number of benzene rings is 2. The molecule has 0 aliphatic carbocycles. The second-order valence-electron chi connectivity index (χ2n) is 5.76. The maximum atomic E-state index is 12.5. The highest BCUT2D eigenvalue weighted by Crippen LogP contribution is 2.32. The molecule has 3 rings (SSSR count). The summed E-state index contributed by atoms with van der Waals surface area (Å²) in [5, 5.41) is 4.22. The third-order valence-corrected chi connectivity index (χ3v) is 4.46. The van der Waals surface area contributed by atoms with Gasteiger partial charge in [-0.25, -0.2) is 0 Å². The van der Waals surface area contributed by atoms with Gasteiger partial charge in [0, 0.05) is 29.7 Å². The van der Waals surface area contributed by atoms with Crippen molar-refractivity contribution in [3.63, 3.8) is 0 Å². The Balaban J connectivity index is 1.89. The lowest BCUT2D eigenvalue weighted by atomic mass is 9.86. The maximum absolute atomic E-state index is 12.5. The van der Waals surface area contributed by atoms with E-state index in [1.54, 1.807) is 0 Å². The fourth-order valence-corrected chi connectivity index (χ4v) is 3.11. The van der Waals surface area contributed by atoms with E-state index >= 15 is 0 Å². The Hall–Kier alpha value is -1.84. The van der Waals surface area contributed by atoms with Crippen molar-refractivity contribution >= 4 is 23.1 Å². The number of carbonyl (C=O) groups is 1. The summed E-state index contributed by atoms with van der Waals surface area (Å²) in [4.78, 5) is 12.5. The first-order chi connectivity index (χ1) is 11.2. The Morgan fingerprint density at radius 2 is 1.78 bits per heavy atom. The molecular weight excluding hydrogens is 310 g/mol. The molecule has 0 bridgehead atoms. The summed E-state index contributed by atoms with van der Waals surface area (Å²) in [6.07, 6.45) is 1.22. The third kappa shape index (κ3) is 4.12. The fourth-order valence-electron chi connectivity index (χ4n) is 2.99. The van der Waals surface area contributed by atoms with Crippen LogP contribution in [-0.2, 0) is 9.53 Å². The standard InChI is InChI=1S/C19H20ClNO2/c20-15-6-8-16(9-7-15)21-19(14-4-2-1-3-5-14)17-10-12-23-13-11-18(17)22/h1-9,17,19,21H,10-13H2. The van der Waals surface area contributed by atoms with Crippen molar-refractivity contribution in [3.05, 3.63) is 65.2 Å². The van der Waals surface area contributed by atoms with Gasteiger partial charge >= 0.3 is 0 Å². The van der Waals surface area contributed by atoms with Crippen LogP contribution in [0.15, 0.2) is 54.6 Å². The number of rotatable bonds is 4. The van der Waals surface area contributed by atoms with Gasteiger partial charge < -0.3 is 10.1 Å². The molecule has 2 aromatic rings. The summed E-state index contributed by atoms with van der Waals surface area (Å²) in [7, 11) is 0. The van der Waals surface area contributed by atoms with Crippen LogP contribution in [0.3, 0.4) is 0 Å². The van der Waals surface area contributed by atoms with Crippen molar-refractivity contribution in [1.82, 2.24) is 0 Å². The number of nitrogens with one attached hydrogen (secondary N) is 1. The molecule has 4 heteroatoms. The Morgan fingerprint density at radius 3 is 2.52 bits per heavy atom. The number of ether oxygens (including phenoxy) is 1. The van der Waals surface area contributed by atoms with E-state index in [4.69, 9.17) is 16.3 Å². The third-order valence-electron chi connectivity index (χ3n) is 4.21. The minimum atomic E-state index is -0.0874. The molecule has 2 unspecified atom stereocenters. The molecule has 2 aromatic carbocycles. The van der Waals surface area contributed by atoms with E-state index in [0.717, 1.165) is 17.7 Å². The molecule has 1 fully saturated rings. The number of Topliss-reactive ketones (excluding diaryl/α,β-unsaturated/α-hetero) is 1. The summed E-state index contributed by atoms with van der Waals surface area (Å²) < 4.78 is 5.48. The van der Waals surface area contributed by atoms with Crippen molar-refractivity contribution in [2.75, 3.05) is 18.5 Å². The molecule has 1 aliphatic heterocycles. The van der Waals surface area contributed by atoms with Gasteiger partial charge in [-0.05, 0) is 36.2 Å². The number of hydrogen-bond donors (Lipinski definition) is 1. The first kappa shape index (κ1) is 16.0. The van der Waals surface area contributed by atoms with Gasteiger partial charge in [-0.2, -0.15) is 0 Å². The monoisotopic (exact) mass is 329 g/mol. The number of halogens is 1. The molecule has 0 spiro atoms. The lowest BCUT2D eigenvalue weighted by Gasteiger charge is -2.27. The first-order valence-corrected chi connectivity index (χ1v) is 8.29. The number of hydrogen-bond acceptors (Lipinski definition) is 3. The second kappa shape index (κ2) is 7.62. The van der Waals surface area contributed by atoms with Gasteiger partial charge in [-0.1, -0.05) is 41.9 Å². The largest absolute Gasteiger partial charge is 0.381 e. The summed E-state index contributed by atoms with van der Waals surface area (Å²) in [5.74, 6) is 0.174. The molecule has 1 heterocycles. The SMILES string of the molecule is O=C1CCOCCC1C(Nc1ccc(Cl)cc1)c1ccccc1. The molecular formula is C19H20ClNO2. The van der Waals surface area contributed by atoms with Crippen LogP contribution in [0.2, 0.25) is 5.02 Å². The van der Waals surface area contributed by atoms with Crippen molar-refractivity contribution in [3.8, 4) is 0 Å². The maximum Gasteiger partial charge on any atom is 0.140 e. The van der Waals surface area contributed by atoms with Gasteiger partial charge in [0.1, 0.15) is 5.78 Å². The molecule has 0 saturated carbocycles. The summed E-state index contributed by atoms with van der Waals surface area (Å²) >= 11 is 5.96.